The number of hydrogen-bond acceptors (Lipinski definition) is 4. The first-order valence-corrected chi connectivity index (χ1v) is 11.6. The number of benzene rings is 3. The van der Waals surface area contributed by atoms with Crippen LogP contribution in [-0.2, 0) is 4.79 Å². The molecule has 0 unspecified atom stereocenters. The number of rotatable bonds is 5. The van der Waals surface area contributed by atoms with Gasteiger partial charge in [-0.2, -0.15) is 0 Å². The van der Waals surface area contributed by atoms with Gasteiger partial charge >= 0.3 is 0 Å². The molecule has 2 aromatic heterocycles. The highest BCUT2D eigenvalue weighted by atomic mass is 35.5. The standard InChI is InChI=1S/C28H20Cl2N2O3/c1-16-9-17(2)11-19(10-16)28-32-24-15-22(3-6-26(24)35-28)31-27(33)8-5-23-4-7-25(34-23)18-12-20(29)14-21(30)13-18/h3-15H,1-2H3,(H,31,33)/b8-5+. The topological polar surface area (TPSA) is 68.3 Å². The molecule has 0 aliphatic carbocycles. The molecule has 0 fully saturated rings. The molecule has 5 rings (SSSR count). The maximum atomic E-state index is 12.5. The number of furan rings is 1. The lowest BCUT2D eigenvalue weighted by Gasteiger charge is -2.01. The summed E-state index contributed by atoms with van der Waals surface area (Å²) < 4.78 is 11.7. The summed E-state index contributed by atoms with van der Waals surface area (Å²) in [5.41, 5.74) is 5.89. The summed E-state index contributed by atoms with van der Waals surface area (Å²) in [6.45, 7) is 4.08. The van der Waals surface area contributed by atoms with Crippen LogP contribution in [0.3, 0.4) is 0 Å². The minimum Gasteiger partial charge on any atom is -0.457 e. The number of aryl methyl sites for hydroxylation is 2. The second-order valence-corrected chi connectivity index (χ2v) is 9.13. The van der Waals surface area contributed by atoms with E-state index in [0.29, 0.717) is 44.2 Å². The van der Waals surface area contributed by atoms with Gasteiger partial charge < -0.3 is 14.2 Å². The summed E-state index contributed by atoms with van der Waals surface area (Å²) in [4.78, 5) is 17.1. The molecule has 174 valence electrons. The van der Waals surface area contributed by atoms with Gasteiger partial charge in [0.2, 0.25) is 11.8 Å². The quantitative estimate of drug-likeness (QED) is 0.245. The van der Waals surface area contributed by atoms with E-state index in [-0.39, 0.29) is 5.91 Å². The number of halogens is 2. The summed E-state index contributed by atoms with van der Waals surface area (Å²) in [7, 11) is 0. The lowest BCUT2D eigenvalue weighted by atomic mass is 10.1. The van der Waals surface area contributed by atoms with Gasteiger partial charge in [0.1, 0.15) is 17.0 Å². The van der Waals surface area contributed by atoms with Gasteiger partial charge in [-0.15, -0.1) is 0 Å². The van der Waals surface area contributed by atoms with Gasteiger partial charge in [-0.05, 0) is 80.6 Å². The molecule has 0 bridgehead atoms. The Hall–Kier alpha value is -3.80. The highest BCUT2D eigenvalue weighted by molar-refractivity contribution is 6.35. The molecule has 0 aliphatic rings. The molecule has 2 heterocycles. The monoisotopic (exact) mass is 502 g/mol. The third-order valence-electron chi connectivity index (χ3n) is 5.30. The second kappa shape index (κ2) is 9.45. The van der Waals surface area contributed by atoms with Crippen LogP contribution in [0.2, 0.25) is 10.0 Å². The Morgan fingerprint density at radius 1 is 0.857 bits per heavy atom. The number of fused-ring (bicyclic) bond motifs is 1. The molecule has 1 amide bonds. The summed E-state index contributed by atoms with van der Waals surface area (Å²) in [5, 5.41) is 3.88. The van der Waals surface area contributed by atoms with Gasteiger partial charge in [0, 0.05) is 32.9 Å². The molecule has 0 saturated heterocycles. The van der Waals surface area contributed by atoms with E-state index < -0.39 is 0 Å². The Kier molecular flexibility index (Phi) is 6.20. The highest BCUT2D eigenvalue weighted by Crippen LogP contribution is 2.30. The molecular formula is C28H20Cl2N2O3. The van der Waals surface area contributed by atoms with E-state index in [9.17, 15) is 4.79 Å². The van der Waals surface area contributed by atoms with Gasteiger partial charge in [0.25, 0.3) is 0 Å². The van der Waals surface area contributed by atoms with E-state index in [1.807, 2.05) is 26.0 Å². The first kappa shape index (κ1) is 23.0. The number of carbonyl (C=O) groups is 1. The average molecular weight is 503 g/mol. The van der Waals surface area contributed by atoms with Crippen LogP contribution < -0.4 is 5.32 Å². The van der Waals surface area contributed by atoms with E-state index in [2.05, 4.69) is 16.4 Å². The number of carbonyl (C=O) groups excluding carboxylic acids is 1. The third-order valence-corrected chi connectivity index (χ3v) is 5.73. The lowest BCUT2D eigenvalue weighted by molar-refractivity contribution is -0.111. The van der Waals surface area contributed by atoms with E-state index in [0.717, 1.165) is 22.3 Å². The van der Waals surface area contributed by atoms with Crippen LogP contribution in [0.15, 0.2) is 81.6 Å². The molecule has 3 aromatic carbocycles. The van der Waals surface area contributed by atoms with Crippen LogP contribution in [0.1, 0.15) is 16.9 Å². The van der Waals surface area contributed by atoms with Crippen LogP contribution >= 0.6 is 23.2 Å². The molecule has 0 aliphatic heterocycles. The van der Waals surface area contributed by atoms with Crippen LogP contribution in [0.5, 0.6) is 0 Å². The normalized spacial score (nSPS) is 11.4. The largest absolute Gasteiger partial charge is 0.457 e. The Morgan fingerprint density at radius 3 is 2.34 bits per heavy atom. The molecule has 0 spiro atoms. The number of nitrogens with zero attached hydrogens (tertiary/aromatic N) is 1. The molecule has 0 saturated carbocycles. The van der Waals surface area contributed by atoms with E-state index in [1.54, 1.807) is 54.6 Å². The van der Waals surface area contributed by atoms with Gasteiger partial charge in [-0.25, -0.2) is 4.98 Å². The van der Waals surface area contributed by atoms with Gasteiger partial charge in [0.15, 0.2) is 5.58 Å². The summed E-state index contributed by atoms with van der Waals surface area (Å²) in [5.74, 6) is 1.37. The lowest BCUT2D eigenvalue weighted by Crippen LogP contribution is -2.07. The smallest absolute Gasteiger partial charge is 0.248 e. The first-order valence-electron chi connectivity index (χ1n) is 10.9. The number of oxazole rings is 1. The number of anilines is 1. The van der Waals surface area contributed by atoms with Crippen molar-refractivity contribution in [1.82, 2.24) is 4.98 Å². The van der Waals surface area contributed by atoms with Crippen molar-refractivity contribution in [3.8, 4) is 22.8 Å². The Bertz CT molecular complexity index is 1560. The second-order valence-electron chi connectivity index (χ2n) is 8.26. The fourth-order valence-corrected chi connectivity index (χ4v) is 4.39. The molecule has 0 atom stereocenters. The zero-order chi connectivity index (χ0) is 24.5. The summed E-state index contributed by atoms with van der Waals surface area (Å²) >= 11 is 12.1. The van der Waals surface area contributed by atoms with Gasteiger partial charge in [-0.1, -0.05) is 40.4 Å². The molecule has 5 nitrogen and oxygen atoms in total. The molecule has 5 aromatic rings. The molecular weight excluding hydrogens is 483 g/mol. The molecule has 0 radical (unpaired) electrons. The van der Waals surface area contributed by atoms with Gasteiger partial charge in [0.05, 0.1) is 0 Å². The van der Waals surface area contributed by atoms with Crippen molar-refractivity contribution in [1.29, 1.82) is 0 Å². The van der Waals surface area contributed by atoms with Crippen molar-refractivity contribution in [3.63, 3.8) is 0 Å². The van der Waals surface area contributed by atoms with Crippen molar-refractivity contribution in [2.24, 2.45) is 0 Å². The first-order chi connectivity index (χ1) is 16.8. The van der Waals surface area contributed by atoms with Crippen molar-refractivity contribution < 1.29 is 13.6 Å². The fourth-order valence-electron chi connectivity index (χ4n) is 3.86. The maximum Gasteiger partial charge on any atom is 0.248 e. The number of nitrogens with one attached hydrogen (secondary N) is 1. The zero-order valence-corrected chi connectivity index (χ0v) is 20.4. The summed E-state index contributed by atoms with van der Waals surface area (Å²) in [6, 6.07) is 20.3. The van der Waals surface area contributed by atoms with Crippen LogP contribution in [0, 0.1) is 13.8 Å². The maximum absolute atomic E-state index is 12.5. The number of hydrogen-bond donors (Lipinski definition) is 1. The Balaban J connectivity index is 1.29. The van der Waals surface area contributed by atoms with E-state index >= 15 is 0 Å². The van der Waals surface area contributed by atoms with Gasteiger partial charge in [-0.3, -0.25) is 4.79 Å². The minimum absolute atomic E-state index is 0.300. The van der Waals surface area contributed by atoms with E-state index in [1.165, 1.54) is 6.08 Å². The average Bonchev–Trinajstić information content (AvgIpc) is 3.43. The highest BCUT2D eigenvalue weighted by Gasteiger charge is 2.11. The zero-order valence-electron chi connectivity index (χ0n) is 18.9. The third kappa shape index (κ3) is 5.32. The predicted octanol–water partition coefficient (Wildman–Crippen LogP) is 8.33. The number of amides is 1. The van der Waals surface area contributed by atoms with Crippen LogP contribution in [0.25, 0.3) is 40.0 Å². The van der Waals surface area contributed by atoms with E-state index in [4.69, 9.17) is 32.0 Å². The minimum atomic E-state index is -0.300. The SMILES string of the molecule is Cc1cc(C)cc(-c2nc3cc(NC(=O)/C=C/c4ccc(-c5cc(Cl)cc(Cl)c5)o4)ccc3o2)c1. The van der Waals surface area contributed by atoms with Crippen LogP contribution in [0.4, 0.5) is 5.69 Å². The fraction of sp³-hybridized carbons (Fsp3) is 0.0714. The predicted molar refractivity (Wildman–Crippen MR) is 141 cm³/mol. The Morgan fingerprint density at radius 2 is 1.60 bits per heavy atom. The summed E-state index contributed by atoms with van der Waals surface area (Å²) in [6.07, 6.45) is 3.00. The molecule has 1 N–H and O–H groups in total. The van der Waals surface area contributed by atoms with Crippen molar-refractivity contribution >= 4 is 52.0 Å². The van der Waals surface area contributed by atoms with Crippen LogP contribution in [-0.4, -0.2) is 10.9 Å². The van der Waals surface area contributed by atoms with Crippen molar-refractivity contribution in [3.05, 3.63) is 99.7 Å². The Labute approximate surface area is 212 Å². The molecule has 7 heteroatoms. The van der Waals surface area contributed by atoms with Crippen molar-refractivity contribution in [2.45, 2.75) is 13.8 Å². The number of aromatic nitrogens is 1. The molecule has 35 heavy (non-hydrogen) atoms. The van der Waals surface area contributed by atoms with Crippen molar-refractivity contribution in [2.75, 3.05) is 5.32 Å².